The number of benzene rings is 3. The number of halogens is 2. The highest BCUT2D eigenvalue weighted by atomic mass is 127. The van der Waals surface area contributed by atoms with Crippen molar-refractivity contribution < 1.29 is 24.2 Å². The summed E-state index contributed by atoms with van der Waals surface area (Å²) in [5.74, 6) is 0.762. The van der Waals surface area contributed by atoms with Crippen LogP contribution in [0.3, 0.4) is 0 Å². The van der Waals surface area contributed by atoms with E-state index in [9.17, 15) is 15.0 Å². The molecule has 0 saturated carbocycles. The highest BCUT2D eigenvalue weighted by molar-refractivity contribution is 14.1. The second-order valence-corrected chi connectivity index (χ2v) is 9.60. The molecule has 1 aromatic heterocycles. The average molecular weight is 654 g/mol. The lowest BCUT2D eigenvalue weighted by Gasteiger charge is -2.09. The number of hydrogen-bond donors (Lipinski definition) is 2. The van der Waals surface area contributed by atoms with Crippen molar-refractivity contribution in [3.8, 4) is 17.2 Å². The predicted molar refractivity (Wildman–Crippen MR) is 140 cm³/mol. The molecule has 5 nitrogen and oxygen atoms in total. The third kappa shape index (κ3) is 4.59. The van der Waals surface area contributed by atoms with Gasteiger partial charge in [0.2, 0.25) is 0 Å². The zero-order valence-corrected chi connectivity index (χ0v) is 21.5. The Morgan fingerprint density at radius 2 is 1.72 bits per heavy atom. The van der Waals surface area contributed by atoms with Crippen molar-refractivity contribution in [2.24, 2.45) is 0 Å². The van der Waals surface area contributed by atoms with Crippen molar-refractivity contribution >= 4 is 61.9 Å². The van der Waals surface area contributed by atoms with Crippen LogP contribution in [-0.2, 0) is 12.8 Å². The first-order valence-corrected chi connectivity index (χ1v) is 12.2. The molecule has 0 radical (unpaired) electrons. The van der Waals surface area contributed by atoms with Crippen LogP contribution in [0.4, 0.5) is 0 Å². The van der Waals surface area contributed by atoms with E-state index in [1.54, 1.807) is 18.2 Å². The molecular formula is C25H20I2O5. The van der Waals surface area contributed by atoms with Gasteiger partial charge in [-0.15, -0.1) is 0 Å². The average Bonchev–Trinajstić information content (AvgIpc) is 3.14. The van der Waals surface area contributed by atoms with Gasteiger partial charge in [0.05, 0.1) is 19.3 Å². The first-order valence-electron chi connectivity index (χ1n) is 10.1. The van der Waals surface area contributed by atoms with E-state index in [4.69, 9.17) is 9.15 Å². The lowest BCUT2D eigenvalue weighted by molar-refractivity contribution is 0.103. The molecular weight excluding hydrogens is 634 g/mol. The van der Waals surface area contributed by atoms with Crippen molar-refractivity contribution in [3.63, 3.8) is 0 Å². The van der Waals surface area contributed by atoms with Crippen LogP contribution in [0.25, 0.3) is 11.0 Å². The molecule has 0 saturated heterocycles. The van der Waals surface area contributed by atoms with E-state index in [1.165, 1.54) is 6.07 Å². The normalized spacial score (nSPS) is 11.1. The van der Waals surface area contributed by atoms with E-state index in [0.717, 1.165) is 5.56 Å². The second kappa shape index (κ2) is 9.70. The van der Waals surface area contributed by atoms with Gasteiger partial charge < -0.3 is 19.4 Å². The quantitative estimate of drug-likeness (QED) is 0.177. The Labute approximate surface area is 212 Å². The van der Waals surface area contributed by atoms with Crippen LogP contribution < -0.4 is 4.74 Å². The topological polar surface area (TPSA) is 79.9 Å². The van der Waals surface area contributed by atoms with Crippen LogP contribution in [0, 0.1) is 7.14 Å². The van der Waals surface area contributed by atoms with Crippen molar-refractivity contribution in [2.45, 2.75) is 19.8 Å². The summed E-state index contributed by atoms with van der Waals surface area (Å²) in [5, 5.41) is 21.1. The van der Waals surface area contributed by atoms with Crippen molar-refractivity contribution in [1.82, 2.24) is 0 Å². The van der Waals surface area contributed by atoms with E-state index in [1.807, 2.05) is 82.4 Å². The van der Waals surface area contributed by atoms with Crippen molar-refractivity contribution in [1.29, 1.82) is 0 Å². The van der Waals surface area contributed by atoms with E-state index in [0.29, 0.717) is 60.2 Å². The Balaban J connectivity index is 1.67. The van der Waals surface area contributed by atoms with Crippen LogP contribution in [0.15, 0.2) is 59.0 Å². The fraction of sp³-hybridized carbons (Fsp3) is 0.160. The van der Waals surface area contributed by atoms with E-state index in [-0.39, 0.29) is 17.3 Å². The van der Waals surface area contributed by atoms with Gasteiger partial charge in [-0.25, -0.2) is 0 Å². The van der Waals surface area contributed by atoms with Gasteiger partial charge in [-0.05, 0) is 68.9 Å². The Hall–Kier alpha value is -2.27. The van der Waals surface area contributed by atoms with Crippen molar-refractivity contribution in [2.75, 3.05) is 6.61 Å². The third-order valence-electron chi connectivity index (χ3n) is 5.16. The summed E-state index contributed by atoms with van der Waals surface area (Å²) in [6, 6.07) is 16.4. The SMILES string of the molecule is CCc1oc2cc(OCCc3ccccc3)c(O)cc2c1C(=O)c1cc(I)c(O)c(I)c1. The monoisotopic (exact) mass is 654 g/mol. The first kappa shape index (κ1) is 22.9. The smallest absolute Gasteiger partial charge is 0.197 e. The molecule has 0 aliphatic carbocycles. The molecule has 3 aromatic carbocycles. The number of fused-ring (bicyclic) bond motifs is 1. The molecule has 0 unspecified atom stereocenters. The molecule has 0 spiro atoms. The molecule has 0 bridgehead atoms. The Bertz CT molecular complexity index is 1270. The first-order chi connectivity index (χ1) is 15.4. The number of carbonyl (C=O) groups is 1. The van der Waals surface area contributed by atoms with Gasteiger partial charge in [-0.3, -0.25) is 4.79 Å². The number of ketones is 1. The summed E-state index contributed by atoms with van der Waals surface area (Å²) in [7, 11) is 0. The molecule has 0 fully saturated rings. The van der Waals surface area contributed by atoms with E-state index in [2.05, 4.69) is 0 Å². The fourth-order valence-corrected chi connectivity index (χ4v) is 5.31. The summed E-state index contributed by atoms with van der Waals surface area (Å²) in [6.45, 7) is 2.32. The minimum absolute atomic E-state index is 0.0436. The molecule has 4 rings (SSSR count). The zero-order valence-electron chi connectivity index (χ0n) is 17.2. The van der Waals surface area contributed by atoms with Crippen LogP contribution in [0.5, 0.6) is 17.2 Å². The predicted octanol–water partition coefficient (Wildman–Crippen LogP) is 6.47. The van der Waals surface area contributed by atoms with Gasteiger partial charge in [0, 0.05) is 29.9 Å². The van der Waals surface area contributed by atoms with Gasteiger partial charge in [0.25, 0.3) is 0 Å². The molecule has 4 aromatic rings. The number of phenolic OH excluding ortho intramolecular Hbond substituents is 2. The number of rotatable bonds is 7. The van der Waals surface area contributed by atoms with Gasteiger partial charge in [0.15, 0.2) is 17.3 Å². The number of aryl methyl sites for hydroxylation is 1. The van der Waals surface area contributed by atoms with Crippen LogP contribution in [0.2, 0.25) is 0 Å². The van der Waals surface area contributed by atoms with Crippen LogP contribution >= 0.6 is 45.2 Å². The highest BCUT2D eigenvalue weighted by Crippen LogP contribution is 2.38. The minimum atomic E-state index is -0.214. The van der Waals surface area contributed by atoms with Crippen LogP contribution in [-0.4, -0.2) is 22.6 Å². The minimum Gasteiger partial charge on any atom is -0.506 e. The summed E-state index contributed by atoms with van der Waals surface area (Å²) in [5.41, 5.74) is 2.51. The third-order valence-corrected chi connectivity index (χ3v) is 6.81. The second-order valence-electron chi connectivity index (χ2n) is 7.27. The molecule has 2 N–H and O–H groups in total. The Morgan fingerprint density at radius 3 is 2.38 bits per heavy atom. The number of ether oxygens (including phenoxy) is 1. The Morgan fingerprint density at radius 1 is 1.03 bits per heavy atom. The Kier molecular flexibility index (Phi) is 6.94. The number of aromatic hydroxyl groups is 2. The van der Waals surface area contributed by atoms with Gasteiger partial charge in [-0.2, -0.15) is 0 Å². The lowest BCUT2D eigenvalue weighted by atomic mass is 9.99. The molecule has 0 amide bonds. The largest absolute Gasteiger partial charge is 0.506 e. The number of phenols is 2. The van der Waals surface area contributed by atoms with E-state index < -0.39 is 0 Å². The summed E-state index contributed by atoms with van der Waals surface area (Å²) >= 11 is 4.00. The maximum atomic E-state index is 13.4. The number of furan rings is 1. The maximum absolute atomic E-state index is 13.4. The van der Waals surface area contributed by atoms with Gasteiger partial charge in [-0.1, -0.05) is 37.3 Å². The number of carbonyl (C=O) groups excluding carboxylic acids is 1. The van der Waals surface area contributed by atoms with Gasteiger partial charge in [0.1, 0.15) is 17.1 Å². The molecule has 32 heavy (non-hydrogen) atoms. The molecule has 0 aliphatic heterocycles. The standard InChI is InChI=1S/C25H20I2O5/c1-2-20-23(24(29)15-10-17(26)25(30)18(27)11-15)16-12-19(28)22(13-21(16)32-20)31-9-8-14-6-4-3-5-7-14/h3-7,10-13,28,30H,2,8-9H2,1H3. The molecule has 0 atom stereocenters. The fourth-order valence-electron chi connectivity index (χ4n) is 3.54. The maximum Gasteiger partial charge on any atom is 0.197 e. The lowest BCUT2D eigenvalue weighted by Crippen LogP contribution is -2.05. The summed E-state index contributed by atoms with van der Waals surface area (Å²) in [4.78, 5) is 13.4. The van der Waals surface area contributed by atoms with Crippen LogP contribution in [0.1, 0.15) is 34.2 Å². The zero-order chi connectivity index (χ0) is 22.8. The molecule has 1 heterocycles. The summed E-state index contributed by atoms with van der Waals surface area (Å²) < 4.78 is 13.0. The molecule has 164 valence electrons. The van der Waals surface area contributed by atoms with E-state index >= 15 is 0 Å². The highest BCUT2D eigenvalue weighted by Gasteiger charge is 2.24. The number of hydrogen-bond acceptors (Lipinski definition) is 5. The molecule has 0 aliphatic rings. The summed E-state index contributed by atoms with van der Waals surface area (Å²) in [6.07, 6.45) is 1.23. The van der Waals surface area contributed by atoms with Gasteiger partial charge >= 0.3 is 0 Å². The van der Waals surface area contributed by atoms with Crippen molar-refractivity contribution in [3.05, 3.63) is 84.2 Å². The molecule has 7 heteroatoms.